The number of amidine groups is 1. The van der Waals surface area contributed by atoms with Gasteiger partial charge in [-0.25, -0.2) is 4.79 Å². The number of carbonyl (C=O) groups is 1. The number of aliphatic carboxylic acids is 1. The standard InChI is InChI=1S/C15H20N2O3/c1-17(12-7-8-13(15(18)19)20-10-12)14(16)9-11-5-3-2-4-6-11/h2-6,12-13,16H,7-10H2,1H3,(H,18,19)/t12-,13+/m1/s1. The number of hydrogen-bond donors (Lipinski definition) is 2. The van der Waals surface area contributed by atoms with Crippen molar-refractivity contribution < 1.29 is 14.6 Å². The van der Waals surface area contributed by atoms with Gasteiger partial charge in [0, 0.05) is 13.5 Å². The molecule has 2 N–H and O–H groups in total. The smallest absolute Gasteiger partial charge is 0.332 e. The maximum Gasteiger partial charge on any atom is 0.332 e. The van der Waals surface area contributed by atoms with Crippen molar-refractivity contribution in [2.45, 2.75) is 31.4 Å². The lowest BCUT2D eigenvalue weighted by molar-refractivity contribution is -0.154. The Morgan fingerprint density at radius 1 is 1.40 bits per heavy atom. The Hall–Kier alpha value is -1.88. The van der Waals surface area contributed by atoms with Gasteiger partial charge >= 0.3 is 5.97 Å². The van der Waals surface area contributed by atoms with Crippen LogP contribution in [-0.4, -0.2) is 47.6 Å². The lowest BCUT2D eigenvalue weighted by atomic mass is 10.0. The van der Waals surface area contributed by atoms with Crippen LogP contribution in [0, 0.1) is 5.41 Å². The summed E-state index contributed by atoms with van der Waals surface area (Å²) >= 11 is 0. The molecule has 2 rings (SSSR count). The number of ether oxygens (including phenoxy) is 1. The maximum atomic E-state index is 10.8. The molecule has 0 radical (unpaired) electrons. The average Bonchev–Trinajstić information content (AvgIpc) is 2.47. The third kappa shape index (κ3) is 3.57. The van der Waals surface area contributed by atoms with Crippen molar-refractivity contribution in [2.75, 3.05) is 13.7 Å². The minimum atomic E-state index is -0.898. The highest BCUT2D eigenvalue weighted by atomic mass is 16.5. The molecule has 1 heterocycles. The Labute approximate surface area is 118 Å². The fraction of sp³-hybridized carbons (Fsp3) is 0.467. The predicted molar refractivity (Wildman–Crippen MR) is 76.0 cm³/mol. The molecule has 0 bridgehead atoms. The Balaban J connectivity index is 1.87. The van der Waals surface area contributed by atoms with Crippen LogP contribution in [0.2, 0.25) is 0 Å². The zero-order chi connectivity index (χ0) is 14.5. The van der Waals surface area contributed by atoms with Crippen LogP contribution in [0.1, 0.15) is 18.4 Å². The van der Waals surface area contributed by atoms with E-state index in [2.05, 4.69) is 0 Å². The number of rotatable bonds is 4. The highest BCUT2D eigenvalue weighted by molar-refractivity contribution is 5.81. The van der Waals surface area contributed by atoms with Gasteiger partial charge in [-0.3, -0.25) is 5.41 Å². The van der Waals surface area contributed by atoms with Gasteiger partial charge in [0.2, 0.25) is 0 Å². The van der Waals surface area contributed by atoms with E-state index in [1.165, 1.54) is 0 Å². The predicted octanol–water partition coefficient (Wildman–Crippen LogP) is 1.77. The van der Waals surface area contributed by atoms with Gasteiger partial charge in [-0.1, -0.05) is 30.3 Å². The van der Waals surface area contributed by atoms with E-state index in [1.807, 2.05) is 42.3 Å². The Morgan fingerprint density at radius 2 is 2.10 bits per heavy atom. The Kier molecular flexibility index (Phi) is 4.74. The van der Waals surface area contributed by atoms with E-state index in [4.69, 9.17) is 15.3 Å². The van der Waals surface area contributed by atoms with E-state index in [1.54, 1.807) is 0 Å². The molecule has 5 heteroatoms. The molecule has 1 aliphatic heterocycles. The van der Waals surface area contributed by atoms with Crippen LogP contribution in [0.25, 0.3) is 0 Å². The molecule has 0 unspecified atom stereocenters. The first-order valence-electron chi connectivity index (χ1n) is 6.76. The van der Waals surface area contributed by atoms with E-state index in [0.717, 1.165) is 12.0 Å². The summed E-state index contributed by atoms with van der Waals surface area (Å²) in [7, 11) is 1.88. The normalized spacial score (nSPS) is 22.2. The van der Waals surface area contributed by atoms with Crippen LogP contribution in [-0.2, 0) is 16.0 Å². The topological polar surface area (TPSA) is 73.6 Å². The third-order valence-corrected chi connectivity index (χ3v) is 3.72. The lowest BCUT2D eigenvalue weighted by Gasteiger charge is -2.35. The van der Waals surface area contributed by atoms with E-state index >= 15 is 0 Å². The summed E-state index contributed by atoms with van der Waals surface area (Å²) in [6.07, 6.45) is 1.13. The summed E-state index contributed by atoms with van der Waals surface area (Å²) in [5.74, 6) is -0.371. The number of nitrogens with zero attached hydrogens (tertiary/aromatic N) is 1. The van der Waals surface area contributed by atoms with E-state index < -0.39 is 12.1 Å². The van der Waals surface area contributed by atoms with Crippen LogP contribution in [0.4, 0.5) is 0 Å². The number of carboxylic acid groups (broad SMARTS) is 1. The molecule has 1 saturated heterocycles. The van der Waals surface area contributed by atoms with Crippen molar-refractivity contribution in [1.82, 2.24) is 4.90 Å². The van der Waals surface area contributed by atoms with Crippen LogP contribution in [0.15, 0.2) is 30.3 Å². The molecule has 1 aromatic carbocycles. The molecule has 1 aromatic rings. The summed E-state index contributed by atoms with van der Waals surface area (Å²) in [5, 5.41) is 17.0. The van der Waals surface area contributed by atoms with Crippen molar-refractivity contribution in [3.05, 3.63) is 35.9 Å². The largest absolute Gasteiger partial charge is 0.479 e. The van der Waals surface area contributed by atoms with E-state index in [0.29, 0.717) is 25.3 Å². The van der Waals surface area contributed by atoms with Gasteiger partial charge in [-0.2, -0.15) is 0 Å². The molecule has 0 saturated carbocycles. The van der Waals surface area contributed by atoms with Gasteiger partial charge in [0.15, 0.2) is 6.10 Å². The molecule has 5 nitrogen and oxygen atoms in total. The van der Waals surface area contributed by atoms with Crippen LogP contribution in [0.5, 0.6) is 0 Å². The quantitative estimate of drug-likeness (QED) is 0.649. The molecule has 1 aliphatic rings. The Morgan fingerprint density at radius 3 is 2.65 bits per heavy atom. The second-order valence-electron chi connectivity index (χ2n) is 5.11. The number of carboxylic acids is 1. The monoisotopic (exact) mass is 276 g/mol. The highest BCUT2D eigenvalue weighted by Crippen LogP contribution is 2.18. The van der Waals surface area contributed by atoms with Gasteiger partial charge < -0.3 is 14.7 Å². The van der Waals surface area contributed by atoms with Crippen LogP contribution >= 0.6 is 0 Å². The van der Waals surface area contributed by atoms with Crippen molar-refractivity contribution in [3.8, 4) is 0 Å². The third-order valence-electron chi connectivity index (χ3n) is 3.72. The zero-order valence-electron chi connectivity index (χ0n) is 11.6. The second kappa shape index (κ2) is 6.52. The Bertz CT molecular complexity index is 467. The average molecular weight is 276 g/mol. The minimum absolute atomic E-state index is 0.0850. The first-order valence-corrected chi connectivity index (χ1v) is 6.76. The van der Waals surface area contributed by atoms with Crippen molar-refractivity contribution in [1.29, 1.82) is 5.41 Å². The summed E-state index contributed by atoms with van der Waals surface area (Å²) in [4.78, 5) is 12.7. The summed E-state index contributed by atoms with van der Waals surface area (Å²) in [6, 6.07) is 9.97. The molecule has 0 amide bonds. The first kappa shape index (κ1) is 14.5. The van der Waals surface area contributed by atoms with E-state index in [-0.39, 0.29) is 6.04 Å². The van der Waals surface area contributed by atoms with Crippen LogP contribution < -0.4 is 0 Å². The summed E-state index contributed by atoms with van der Waals surface area (Å²) < 4.78 is 5.34. The second-order valence-corrected chi connectivity index (χ2v) is 5.11. The maximum absolute atomic E-state index is 10.8. The number of likely N-dealkylation sites (N-methyl/N-ethyl adjacent to an activating group) is 1. The van der Waals surface area contributed by atoms with Gasteiger partial charge in [-0.05, 0) is 18.4 Å². The molecule has 0 aliphatic carbocycles. The van der Waals surface area contributed by atoms with Gasteiger partial charge in [0.1, 0.15) is 5.84 Å². The highest BCUT2D eigenvalue weighted by Gasteiger charge is 2.29. The number of nitrogens with one attached hydrogen (secondary N) is 1. The molecule has 20 heavy (non-hydrogen) atoms. The first-order chi connectivity index (χ1) is 9.58. The molecule has 108 valence electrons. The van der Waals surface area contributed by atoms with Crippen molar-refractivity contribution in [3.63, 3.8) is 0 Å². The number of hydrogen-bond acceptors (Lipinski definition) is 3. The molecular weight excluding hydrogens is 256 g/mol. The van der Waals surface area contributed by atoms with E-state index in [9.17, 15) is 4.79 Å². The van der Waals surface area contributed by atoms with Crippen LogP contribution in [0.3, 0.4) is 0 Å². The SMILES string of the molecule is CN(C(=N)Cc1ccccc1)[C@@H]1CC[C@@H](C(=O)O)OC1. The summed E-state index contributed by atoms with van der Waals surface area (Å²) in [5.41, 5.74) is 1.10. The van der Waals surface area contributed by atoms with Gasteiger partial charge in [-0.15, -0.1) is 0 Å². The molecule has 1 fully saturated rings. The summed E-state index contributed by atoms with van der Waals surface area (Å²) in [6.45, 7) is 0.366. The number of benzene rings is 1. The van der Waals surface area contributed by atoms with Crippen molar-refractivity contribution in [2.24, 2.45) is 0 Å². The molecule has 0 aromatic heterocycles. The van der Waals surface area contributed by atoms with Gasteiger partial charge in [0.25, 0.3) is 0 Å². The molecular formula is C15H20N2O3. The fourth-order valence-electron chi connectivity index (χ4n) is 2.37. The zero-order valence-corrected chi connectivity index (χ0v) is 11.6. The van der Waals surface area contributed by atoms with Crippen molar-refractivity contribution >= 4 is 11.8 Å². The molecule has 0 spiro atoms. The molecule has 2 atom stereocenters. The minimum Gasteiger partial charge on any atom is -0.479 e. The fourth-order valence-corrected chi connectivity index (χ4v) is 2.37. The lowest BCUT2D eigenvalue weighted by Crippen LogP contribution is -2.45. The van der Waals surface area contributed by atoms with Gasteiger partial charge in [0.05, 0.1) is 12.6 Å².